The first-order valence-electron chi connectivity index (χ1n) is 3.86. The molecule has 0 radical (unpaired) electrons. The molecule has 6 heteroatoms. The standard InChI is InChI=1S/C9H5ClF2N2O/c10-5-3-6(11)9(12)7(4-5)14-8(15)1-2-13/h3-4H,1H2,(H,14,15). The number of benzene rings is 1. The summed E-state index contributed by atoms with van der Waals surface area (Å²) in [6, 6.07) is 3.43. The minimum Gasteiger partial charge on any atom is -0.323 e. The second-order valence-corrected chi connectivity index (χ2v) is 3.07. The van der Waals surface area contributed by atoms with Crippen molar-refractivity contribution in [1.82, 2.24) is 0 Å². The van der Waals surface area contributed by atoms with Crippen LogP contribution < -0.4 is 5.32 Å². The lowest BCUT2D eigenvalue weighted by atomic mass is 10.3. The van der Waals surface area contributed by atoms with Crippen molar-refractivity contribution >= 4 is 23.2 Å². The van der Waals surface area contributed by atoms with Gasteiger partial charge in [0.1, 0.15) is 6.42 Å². The SMILES string of the molecule is N#CCC(=O)Nc1cc(Cl)cc(F)c1F. The fraction of sp³-hybridized carbons (Fsp3) is 0.111. The first-order chi connectivity index (χ1) is 7.04. The zero-order chi connectivity index (χ0) is 11.4. The molecular formula is C9H5ClF2N2O. The second-order valence-electron chi connectivity index (χ2n) is 2.63. The molecule has 0 aliphatic rings. The molecule has 0 aromatic heterocycles. The van der Waals surface area contributed by atoms with E-state index in [2.05, 4.69) is 0 Å². The van der Waals surface area contributed by atoms with Crippen molar-refractivity contribution in [1.29, 1.82) is 5.26 Å². The maximum atomic E-state index is 13.1. The zero-order valence-corrected chi connectivity index (χ0v) is 8.11. The summed E-state index contributed by atoms with van der Waals surface area (Å²) in [5.74, 6) is -3.08. The van der Waals surface area contributed by atoms with Gasteiger partial charge in [0.15, 0.2) is 11.6 Å². The van der Waals surface area contributed by atoms with Crippen LogP contribution in [0.25, 0.3) is 0 Å². The number of carbonyl (C=O) groups is 1. The number of rotatable bonds is 2. The first-order valence-corrected chi connectivity index (χ1v) is 4.23. The van der Waals surface area contributed by atoms with Crippen molar-refractivity contribution in [3.05, 3.63) is 28.8 Å². The Labute approximate surface area is 89.3 Å². The largest absolute Gasteiger partial charge is 0.323 e. The molecule has 0 saturated heterocycles. The van der Waals surface area contributed by atoms with E-state index in [1.54, 1.807) is 6.07 Å². The molecule has 78 valence electrons. The van der Waals surface area contributed by atoms with E-state index in [4.69, 9.17) is 16.9 Å². The normalized spacial score (nSPS) is 9.47. The molecular weight excluding hydrogens is 226 g/mol. The van der Waals surface area contributed by atoms with E-state index in [1.165, 1.54) is 0 Å². The maximum absolute atomic E-state index is 13.1. The number of amides is 1. The van der Waals surface area contributed by atoms with Gasteiger partial charge in [-0.2, -0.15) is 5.26 Å². The van der Waals surface area contributed by atoms with Crippen molar-refractivity contribution in [2.75, 3.05) is 5.32 Å². The van der Waals surface area contributed by atoms with Crippen molar-refractivity contribution in [2.24, 2.45) is 0 Å². The number of hydrogen-bond acceptors (Lipinski definition) is 2. The van der Waals surface area contributed by atoms with Gasteiger partial charge in [-0.05, 0) is 12.1 Å². The Bertz CT molecular complexity index is 442. The van der Waals surface area contributed by atoms with Gasteiger partial charge in [-0.1, -0.05) is 11.6 Å². The Morgan fingerprint density at radius 2 is 2.20 bits per heavy atom. The van der Waals surface area contributed by atoms with Crippen LogP contribution in [-0.4, -0.2) is 5.91 Å². The van der Waals surface area contributed by atoms with Crippen LogP contribution >= 0.6 is 11.6 Å². The Morgan fingerprint density at radius 1 is 1.53 bits per heavy atom. The molecule has 15 heavy (non-hydrogen) atoms. The van der Waals surface area contributed by atoms with Gasteiger partial charge >= 0.3 is 0 Å². The molecule has 0 spiro atoms. The van der Waals surface area contributed by atoms with Crippen LogP contribution in [-0.2, 0) is 4.79 Å². The smallest absolute Gasteiger partial charge is 0.238 e. The van der Waals surface area contributed by atoms with Crippen LogP contribution in [0, 0.1) is 23.0 Å². The Balaban J connectivity index is 2.95. The topological polar surface area (TPSA) is 52.9 Å². The number of halogens is 3. The molecule has 1 rings (SSSR count). The highest BCUT2D eigenvalue weighted by Crippen LogP contribution is 2.22. The van der Waals surface area contributed by atoms with Crippen molar-refractivity contribution in [2.45, 2.75) is 6.42 Å². The summed E-state index contributed by atoms with van der Waals surface area (Å²) in [7, 11) is 0. The summed E-state index contributed by atoms with van der Waals surface area (Å²) in [5.41, 5.74) is -0.375. The molecule has 0 saturated carbocycles. The lowest BCUT2D eigenvalue weighted by molar-refractivity contribution is -0.115. The third kappa shape index (κ3) is 2.89. The number of anilines is 1. The maximum Gasteiger partial charge on any atom is 0.238 e. The van der Waals surface area contributed by atoms with Gasteiger partial charge in [0, 0.05) is 5.02 Å². The van der Waals surface area contributed by atoms with E-state index in [9.17, 15) is 13.6 Å². The molecule has 0 fully saturated rings. The van der Waals surface area contributed by atoms with Crippen LogP contribution in [0.5, 0.6) is 0 Å². The molecule has 1 N–H and O–H groups in total. The lowest BCUT2D eigenvalue weighted by Gasteiger charge is -2.05. The van der Waals surface area contributed by atoms with Gasteiger partial charge in [0.2, 0.25) is 5.91 Å². The van der Waals surface area contributed by atoms with Gasteiger partial charge in [-0.3, -0.25) is 4.79 Å². The highest BCUT2D eigenvalue weighted by molar-refractivity contribution is 6.30. The summed E-state index contributed by atoms with van der Waals surface area (Å²) in [6.45, 7) is 0. The molecule has 0 aliphatic heterocycles. The molecule has 0 atom stereocenters. The zero-order valence-electron chi connectivity index (χ0n) is 7.35. The first kappa shape index (κ1) is 11.4. The van der Waals surface area contributed by atoms with Gasteiger partial charge in [-0.25, -0.2) is 8.78 Å². The molecule has 0 unspecified atom stereocenters. The van der Waals surface area contributed by atoms with E-state index in [-0.39, 0.29) is 10.7 Å². The monoisotopic (exact) mass is 230 g/mol. The van der Waals surface area contributed by atoms with Crippen molar-refractivity contribution in [3.8, 4) is 6.07 Å². The number of carbonyl (C=O) groups excluding carboxylic acids is 1. The van der Waals surface area contributed by atoms with Gasteiger partial charge < -0.3 is 5.32 Å². The molecule has 1 amide bonds. The Hall–Kier alpha value is -1.67. The second kappa shape index (κ2) is 4.71. The highest BCUT2D eigenvalue weighted by Gasteiger charge is 2.12. The van der Waals surface area contributed by atoms with Gasteiger partial charge in [0.25, 0.3) is 0 Å². The fourth-order valence-electron chi connectivity index (χ4n) is 0.913. The van der Waals surface area contributed by atoms with Crippen molar-refractivity contribution < 1.29 is 13.6 Å². The van der Waals surface area contributed by atoms with E-state index in [0.29, 0.717) is 0 Å². The summed E-state index contributed by atoms with van der Waals surface area (Å²) in [4.78, 5) is 10.9. The van der Waals surface area contributed by atoms with Crippen LogP contribution in [0.4, 0.5) is 14.5 Å². The average molecular weight is 231 g/mol. The van der Waals surface area contributed by atoms with Crippen LogP contribution in [0.3, 0.4) is 0 Å². The quantitative estimate of drug-likeness (QED) is 0.794. The predicted molar refractivity (Wildman–Crippen MR) is 50.2 cm³/mol. The van der Waals surface area contributed by atoms with E-state index in [0.717, 1.165) is 12.1 Å². The summed E-state index contributed by atoms with van der Waals surface area (Å²) >= 11 is 5.46. The summed E-state index contributed by atoms with van der Waals surface area (Å²) < 4.78 is 25.9. The minimum atomic E-state index is -1.20. The van der Waals surface area contributed by atoms with E-state index >= 15 is 0 Å². The Morgan fingerprint density at radius 3 is 2.80 bits per heavy atom. The highest BCUT2D eigenvalue weighted by atomic mass is 35.5. The lowest BCUT2D eigenvalue weighted by Crippen LogP contribution is -2.12. The predicted octanol–water partition coefficient (Wildman–Crippen LogP) is 2.47. The minimum absolute atomic E-state index is 0.0406. The van der Waals surface area contributed by atoms with Crippen molar-refractivity contribution in [3.63, 3.8) is 0 Å². The van der Waals surface area contributed by atoms with Crippen LogP contribution in [0.1, 0.15) is 6.42 Å². The molecule has 0 bridgehead atoms. The summed E-state index contributed by atoms with van der Waals surface area (Å²) in [5, 5.41) is 10.2. The van der Waals surface area contributed by atoms with Gasteiger partial charge in [-0.15, -0.1) is 0 Å². The number of nitrogens with one attached hydrogen (secondary N) is 1. The molecule has 0 heterocycles. The Kier molecular flexibility index (Phi) is 3.58. The molecule has 1 aromatic rings. The number of nitrogens with zero attached hydrogens (tertiary/aromatic N) is 1. The third-order valence-electron chi connectivity index (χ3n) is 1.51. The number of nitriles is 1. The van der Waals surface area contributed by atoms with Gasteiger partial charge in [0.05, 0.1) is 11.8 Å². The van der Waals surface area contributed by atoms with Crippen LogP contribution in [0.15, 0.2) is 12.1 Å². The summed E-state index contributed by atoms with van der Waals surface area (Å²) in [6.07, 6.45) is -0.437. The van der Waals surface area contributed by atoms with E-state index in [1.807, 2.05) is 5.32 Å². The molecule has 0 aliphatic carbocycles. The third-order valence-corrected chi connectivity index (χ3v) is 1.72. The molecule has 1 aromatic carbocycles. The average Bonchev–Trinajstić information content (AvgIpc) is 2.13. The fourth-order valence-corrected chi connectivity index (χ4v) is 1.12. The number of hydrogen-bond donors (Lipinski definition) is 1. The molecule has 3 nitrogen and oxygen atoms in total. The van der Waals surface area contributed by atoms with Crippen LogP contribution in [0.2, 0.25) is 5.02 Å². The van der Waals surface area contributed by atoms with E-state index < -0.39 is 24.0 Å².